The Balaban J connectivity index is 1.37. The van der Waals surface area contributed by atoms with Crippen molar-refractivity contribution in [2.75, 3.05) is 47.2 Å². The standard InChI is InChI=1S/C27H26ClF7N4O5S/c28-16-11-19(29)23(20(30)12-16)36-45(42,43)18-10-15-3-9-39(24(15)21(13-18)38-6-1-2-22(38)40)25(41)44-17-4-7-37(8-5-17)14-26(31,32)27(33,34)35/h10-13,17,36H,1-9,14H2. The summed E-state index contributed by atoms with van der Waals surface area (Å²) >= 11 is 5.62. The molecular weight excluding hydrogens is 661 g/mol. The number of ether oxygens (including phenoxy) is 1. The van der Waals surface area contributed by atoms with Crippen LogP contribution in [0.4, 0.5) is 52.6 Å². The van der Waals surface area contributed by atoms with E-state index in [9.17, 15) is 48.7 Å². The van der Waals surface area contributed by atoms with Gasteiger partial charge in [0, 0.05) is 37.6 Å². The number of hydrogen-bond acceptors (Lipinski definition) is 6. The molecule has 0 spiro atoms. The lowest BCUT2D eigenvalue weighted by Crippen LogP contribution is -2.50. The lowest BCUT2D eigenvalue weighted by atomic mass is 10.1. The number of fused-ring (bicyclic) bond motifs is 1. The van der Waals surface area contributed by atoms with Crippen LogP contribution in [0.3, 0.4) is 0 Å². The zero-order valence-corrected chi connectivity index (χ0v) is 24.8. The number of amides is 2. The maximum Gasteiger partial charge on any atom is 0.454 e. The van der Waals surface area contributed by atoms with Crippen LogP contribution >= 0.6 is 11.6 Å². The molecule has 0 unspecified atom stereocenters. The van der Waals surface area contributed by atoms with E-state index in [1.165, 1.54) is 15.9 Å². The van der Waals surface area contributed by atoms with Crippen LogP contribution in [-0.2, 0) is 26.0 Å². The smallest absolute Gasteiger partial charge is 0.446 e. The molecule has 0 atom stereocenters. The van der Waals surface area contributed by atoms with Crippen molar-refractivity contribution in [1.82, 2.24) is 4.90 Å². The molecule has 1 N–H and O–H groups in total. The highest BCUT2D eigenvalue weighted by atomic mass is 35.5. The van der Waals surface area contributed by atoms with Gasteiger partial charge >= 0.3 is 18.2 Å². The van der Waals surface area contributed by atoms with Gasteiger partial charge in [-0.2, -0.15) is 22.0 Å². The third kappa shape index (κ3) is 6.79. The van der Waals surface area contributed by atoms with Crippen molar-refractivity contribution in [2.24, 2.45) is 0 Å². The summed E-state index contributed by atoms with van der Waals surface area (Å²) in [4.78, 5) is 29.0. The van der Waals surface area contributed by atoms with E-state index in [0.29, 0.717) is 12.0 Å². The number of nitrogens with one attached hydrogen (secondary N) is 1. The van der Waals surface area contributed by atoms with E-state index in [1.807, 2.05) is 4.72 Å². The van der Waals surface area contributed by atoms with E-state index < -0.39 is 63.1 Å². The number of sulfonamides is 1. The number of nitrogens with zero attached hydrogens (tertiary/aromatic N) is 3. The van der Waals surface area contributed by atoms with Gasteiger partial charge in [0.15, 0.2) is 11.6 Å². The Labute approximate surface area is 257 Å². The predicted octanol–water partition coefficient (Wildman–Crippen LogP) is 5.71. The first-order valence-corrected chi connectivity index (χ1v) is 15.6. The van der Waals surface area contributed by atoms with Crippen LogP contribution in [0.2, 0.25) is 5.02 Å². The molecule has 2 saturated heterocycles. The predicted molar refractivity (Wildman–Crippen MR) is 148 cm³/mol. The van der Waals surface area contributed by atoms with Crippen molar-refractivity contribution in [3.8, 4) is 0 Å². The fourth-order valence-electron chi connectivity index (χ4n) is 5.54. The fourth-order valence-corrected chi connectivity index (χ4v) is 6.87. The van der Waals surface area contributed by atoms with E-state index in [2.05, 4.69) is 0 Å². The van der Waals surface area contributed by atoms with Crippen molar-refractivity contribution in [3.05, 3.63) is 46.5 Å². The normalized spacial score (nSPS) is 18.4. The van der Waals surface area contributed by atoms with Crippen LogP contribution < -0.4 is 14.5 Å². The van der Waals surface area contributed by atoms with Gasteiger partial charge in [-0.1, -0.05) is 11.6 Å². The van der Waals surface area contributed by atoms with E-state index in [4.69, 9.17) is 16.3 Å². The SMILES string of the molecule is O=C1CCCN1c1cc(S(=O)(=O)Nc2c(F)cc(Cl)cc2F)cc2c1N(C(=O)OC1CCN(CC(F)(F)C(F)(F)F)CC1)CC2. The molecule has 0 aliphatic carbocycles. The van der Waals surface area contributed by atoms with Gasteiger partial charge in [0.25, 0.3) is 10.0 Å². The van der Waals surface area contributed by atoms with Crippen molar-refractivity contribution in [3.63, 3.8) is 0 Å². The lowest BCUT2D eigenvalue weighted by Gasteiger charge is -2.35. The second kappa shape index (κ2) is 12.1. The summed E-state index contributed by atoms with van der Waals surface area (Å²) in [5.74, 6) is -7.75. The summed E-state index contributed by atoms with van der Waals surface area (Å²) in [6, 6.07) is 3.77. The van der Waals surface area contributed by atoms with Gasteiger partial charge in [-0.05, 0) is 55.5 Å². The Kier molecular flexibility index (Phi) is 8.91. The van der Waals surface area contributed by atoms with Crippen molar-refractivity contribution >= 4 is 50.7 Å². The van der Waals surface area contributed by atoms with E-state index >= 15 is 0 Å². The average Bonchev–Trinajstić information content (AvgIpc) is 3.57. The van der Waals surface area contributed by atoms with Crippen LogP contribution in [-0.4, -0.2) is 76.2 Å². The second-order valence-electron chi connectivity index (χ2n) is 10.9. The zero-order chi connectivity index (χ0) is 32.9. The molecule has 246 valence electrons. The number of carbonyl (C=O) groups excluding carboxylic acids is 2. The van der Waals surface area contributed by atoms with Gasteiger partial charge in [0.1, 0.15) is 11.8 Å². The molecule has 2 aromatic rings. The Hall–Kier alpha value is -3.31. The van der Waals surface area contributed by atoms with E-state index in [-0.39, 0.29) is 74.2 Å². The number of rotatable bonds is 7. The zero-order valence-electron chi connectivity index (χ0n) is 23.3. The van der Waals surface area contributed by atoms with Crippen molar-refractivity contribution < 1.29 is 53.5 Å². The molecule has 3 aliphatic heterocycles. The van der Waals surface area contributed by atoms with Crippen LogP contribution in [0.1, 0.15) is 31.2 Å². The topological polar surface area (TPSA) is 99.3 Å². The highest BCUT2D eigenvalue weighted by Gasteiger charge is 2.58. The molecule has 3 heterocycles. The quantitative estimate of drug-likeness (QED) is 0.375. The van der Waals surface area contributed by atoms with Gasteiger partial charge in [-0.15, -0.1) is 0 Å². The second-order valence-corrected chi connectivity index (χ2v) is 13.0. The van der Waals surface area contributed by atoms with Crippen LogP contribution in [0.5, 0.6) is 0 Å². The Bertz CT molecular complexity index is 1590. The van der Waals surface area contributed by atoms with Gasteiger partial charge < -0.3 is 9.64 Å². The first kappa shape index (κ1) is 33.1. The minimum absolute atomic E-state index is 0.00148. The third-order valence-electron chi connectivity index (χ3n) is 7.79. The molecule has 0 bridgehead atoms. The van der Waals surface area contributed by atoms with Crippen molar-refractivity contribution in [1.29, 1.82) is 0 Å². The number of hydrogen-bond donors (Lipinski definition) is 1. The molecule has 2 fully saturated rings. The molecule has 2 aromatic carbocycles. The molecule has 0 aromatic heterocycles. The summed E-state index contributed by atoms with van der Waals surface area (Å²) < 4.78 is 127. The number of halogens is 8. The highest BCUT2D eigenvalue weighted by Crippen LogP contribution is 2.43. The first-order valence-electron chi connectivity index (χ1n) is 13.8. The van der Waals surface area contributed by atoms with E-state index in [0.717, 1.165) is 23.1 Å². The molecule has 5 rings (SSSR count). The summed E-state index contributed by atoms with van der Waals surface area (Å²) in [6.45, 7) is -1.64. The van der Waals surface area contributed by atoms with Crippen LogP contribution in [0, 0.1) is 11.6 Å². The van der Waals surface area contributed by atoms with Gasteiger partial charge in [-0.3, -0.25) is 19.3 Å². The fraction of sp³-hybridized carbons (Fsp3) is 0.481. The number of piperidine rings is 1. The molecule has 18 heteroatoms. The number of likely N-dealkylation sites (tertiary alicyclic amines) is 1. The minimum Gasteiger partial charge on any atom is -0.446 e. The lowest BCUT2D eigenvalue weighted by molar-refractivity contribution is -0.287. The Morgan fingerprint density at radius 1 is 0.978 bits per heavy atom. The first-order chi connectivity index (χ1) is 21.0. The largest absolute Gasteiger partial charge is 0.454 e. The number of anilines is 3. The summed E-state index contributed by atoms with van der Waals surface area (Å²) in [5, 5.41) is -0.291. The Morgan fingerprint density at radius 2 is 1.62 bits per heavy atom. The van der Waals surface area contributed by atoms with Crippen LogP contribution in [0.15, 0.2) is 29.2 Å². The molecule has 45 heavy (non-hydrogen) atoms. The van der Waals surface area contributed by atoms with Gasteiger partial charge in [-0.25, -0.2) is 22.0 Å². The van der Waals surface area contributed by atoms with Gasteiger partial charge in [0.05, 0.1) is 22.8 Å². The average molecular weight is 687 g/mol. The monoisotopic (exact) mass is 686 g/mol. The number of carbonyl (C=O) groups is 2. The molecule has 2 amide bonds. The molecular formula is C27H26ClF7N4O5S. The highest BCUT2D eigenvalue weighted by molar-refractivity contribution is 7.92. The summed E-state index contributed by atoms with van der Waals surface area (Å²) in [7, 11) is -4.62. The Morgan fingerprint density at radius 3 is 2.20 bits per heavy atom. The van der Waals surface area contributed by atoms with E-state index in [1.54, 1.807) is 0 Å². The summed E-state index contributed by atoms with van der Waals surface area (Å²) in [5.41, 5.74) is -0.380. The van der Waals surface area contributed by atoms with Crippen LogP contribution in [0.25, 0.3) is 0 Å². The third-order valence-corrected chi connectivity index (χ3v) is 9.34. The summed E-state index contributed by atoms with van der Waals surface area (Å²) in [6.07, 6.45) is -6.64. The maximum atomic E-state index is 14.4. The molecule has 0 saturated carbocycles. The maximum absolute atomic E-state index is 14.4. The minimum atomic E-state index is -5.69. The molecule has 9 nitrogen and oxygen atoms in total. The molecule has 3 aliphatic rings. The molecule has 0 radical (unpaired) electrons. The number of alkyl halides is 5. The number of benzene rings is 2. The van der Waals surface area contributed by atoms with Crippen molar-refractivity contribution in [2.45, 2.75) is 55.2 Å². The van der Waals surface area contributed by atoms with Gasteiger partial charge in [0.2, 0.25) is 5.91 Å².